The van der Waals surface area contributed by atoms with E-state index < -0.39 is 0 Å². The molecule has 1 atom stereocenters. The Morgan fingerprint density at radius 2 is 2.28 bits per heavy atom. The molecule has 0 bridgehead atoms. The maximum Gasteiger partial charge on any atom is 0.123 e. The zero-order valence-electron chi connectivity index (χ0n) is 10.7. The summed E-state index contributed by atoms with van der Waals surface area (Å²) in [7, 11) is 1.88. The average Bonchev–Trinajstić information content (AvgIpc) is 2.83. The van der Waals surface area contributed by atoms with Crippen LogP contribution in [-0.2, 0) is 13.0 Å². The summed E-state index contributed by atoms with van der Waals surface area (Å²) in [6.07, 6.45) is 4.52. The zero-order valence-corrected chi connectivity index (χ0v) is 10.7. The van der Waals surface area contributed by atoms with Gasteiger partial charge in [0.2, 0.25) is 0 Å². The monoisotopic (exact) mass is 247 g/mol. The lowest BCUT2D eigenvalue weighted by atomic mass is 10.0. The average molecular weight is 247 g/mol. The number of benzene rings is 1. The molecule has 0 amide bonds. The fourth-order valence-electron chi connectivity index (χ4n) is 2.11. The zero-order chi connectivity index (χ0) is 13.0. The highest BCUT2D eigenvalue weighted by Gasteiger charge is 2.13. The van der Waals surface area contributed by atoms with Crippen molar-refractivity contribution in [3.05, 3.63) is 53.9 Å². The maximum absolute atomic E-state index is 13.2. The Bertz CT molecular complexity index is 507. The number of imidazole rings is 1. The van der Waals surface area contributed by atoms with E-state index in [0.29, 0.717) is 0 Å². The molecule has 1 aromatic carbocycles. The lowest BCUT2D eigenvalue weighted by Crippen LogP contribution is -2.20. The van der Waals surface area contributed by atoms with Crippen LogP contribution >= 0.6 is 0 Å². The number of aryl methyl sites for hydroxylation is 1. The third kappa shape index (κ3) is 2.76. The summed E-state index contributed by atoms with van der Waals surface area (Å²) < 4.78 is 15.3. The van der Waals surface area contributed by atoms with Gasteiger partial charge in [-0.2, -0.15) is 0 Å². The van der Waals surface area contributed by atoms with Crippen molar-refractivity contribution in [2.45, 2.75) is 25.9 Å². The van der Waals surface area contributed by atoms with E-state index in [4.69, 9.17) is 0 Å². The van der Waals surface area contributed by atoms with Gasteiger partial charge in [0.25, 0.3) is 0 Å². The molecule has 0 spiro atoms. The molecule has 4 heteroatoms. The van der Waals surface area contributed by atoms with Crippen LogP contribution in [0, 0.1) is 5.82 Å². The molecule has 2 rings (SSSR count). The first-order chi connectivity index (χ1) is 8.74. The molecule has 18 heavy (non-hydrogen) atoms. The highest BCUT2D eigenvalue weighted by molar-refractivity contribution is 5.21. The van der Waals surface area contributed by atoms with Gasteiger partial charge in [0.15, 0.2) is 0 Å². The molecule has 0 radical (unpaired) electrons. The lowest BCUT2D eigenvalue weighted by Gasteiger charge is -2.17. The Labute approximate surface area is 107 Å². The number of likely N-dealkylation sites (N-methyl/N-ethyl adjacent to an activating group) is 1. The second kappa shape index (κ2) is 5.78. The Morgan fingerprint density at radius 1 is 1.44 bits per heavy atom. The van der Waals surface area contributed by atoms with E-state index in [-0.39, 0.29) is 11.9 Å². The first kappa shape index (κ1) is 12.8. The van der Waals surface area contributed by atoms with E-state index in [1.807, 2.05) is 19.3 Å². The van der Waals surface area contributed by atoms with Crippen molar-refractivity contribution in [1.29, 1.82) is 0 Å². The molecular weight excluding hydrogens is 229 g/mol. The normalized spacial score (nSPS) is 12.6. The van der Waals surface area contributed by atoms with Crippen molar-refractivity contribution in [2.75, 3.05) is 7.05 Å². The molecule has 1 heterocycles. The van der Waals surface area contributed by atoms with Crippen molar-refractivity contribution in [1.82, 2.24) is 14.9 Å². The third-order valence-electron chi connectivity index (χ3n) is 3.13. The minimum absolute atomic E-state index is 0.0772. The number of nitrogens with one attached hydrogen (secondary N) is 1. The summed E-state index contributed by atoms with van der Waals surface area (Å²) >= 11 is 0. The van der Waals surface area contributed by atoms with Crippen LogP contribution in [-0.4, -0.2) is 16.6 Å². The van der Waals surface area contributed by atoms with E-state index in [2.05, 4.69) is 21.8 Å². The predicted molar refractivity (Wildman–Crippen MR) is 69.8 cm³/mol. The standard InChI is InChI=1S/C14H18FN3/c1-3-18-8-7-17-14(18)10-13(16-2)11-5-4-6-12(15)9-11/h4-9,13,16H,3,10H2,1-2H3. The molecule has 0 aliphatic rings. The van der Waals surface area contributed by atoms with Gasteiger partial charge in [-0.15, -0.1) is 0 Å². The quantitative estimate of drug-likeness (QED) is 0.880. The van der Waals surface area contributed by atoms with Crippen molar-refractivity contribution < 1.29 is 4.39 Å². The molecule has 0 saturated carbocycles. The summed E-state index contributed by atoms with van der Waals surface area (Å²) in [4.78, 5) is 4.35. The van der Waals surface area contributed by atoms with E-state index in [1.165, 1.54) is 6.07 Å². The van der Waals surface area contributed by atoms with Crippen LogP contribution in [0.1, 0.15) is 24.4 Å². The van der Waals surface area contributed by atoms with Crippen molar-refractivity contribution >= 4 is 0 Å². The summed E-state index contributed by atoms with van der Waals surface area (Å²) in [5.74, 6) is 0.813. The van der Waals surface area contributed by atoms with Gasteiger partial charge in [-0.3, -0.25) is 0 Å². The Balaban J connectivity index is 2.20. The van der Waals surface area contributed by atoms with Crippen LogP contribution in [0.2, 0.25) is 0 Å². The molecule has 0 saturated heterocycles. The largest absolute Gasteiger partial charge is 0.335 e. The van der Waals surface area contributed by atoms with E-state index in [1.54, 1.807) is 18.3 Å². The molecular formula is C14H18FN3. The van der Waals surface area contributed by atoms with Gasteiger partial charge in [0.1, 0.15) is 11.6 Å². The van der Waals surface area contributed by atoms with Gasteiger partial charge in [-0.05, 0) is 31.7 Å². The van der Waals surface area contributed by atoms with Crippen molar-refractivity contribution in [2.24, 2.45) is 0 Å². The highest BCUT2D eigenvalue weighted by atomic mass is 19.1. The fourth-order valence-corrected chi connectivity index (χ4v) is 2.11. The summed E-state index contributed by atoms with van der Waals surface area (Å²) in [6.45, 7) is 2.98. The van der Waals surface area contributed by atoms with Gasteiger partial charge in [-0.1, -0.05) is 12.1 Å². The lowest BCUT2D eigenvalue weighted by molar-refractivity contribution is 0.546. The van der Waals surface area contributed by atoms with Crippen LogP contribution < -0.4 is 5.32 Å². The Kier molecular flexibility index (Phi) is 4.10. The maximum atomic E-state index is 13.2. The van der Waals surface area contributed by atoms with Gasteiger partial charge in [0, 0.05) is 31.4 Å². The van der Waals surface area contributed by atoms with Crippen LogP contribution in [0.3, 0.4) is 0 Å². The van der Waals surface area contributed by atoms with Crippen molar-refractivity contribution in [3.8, 4) is 0 Å². The number of nitrogens with zero attached hydrogens (tertiary/aromatic N) is 2. The minimum atomic E-state index is -0.202. The molecule has 2 aromatic rings. The first-order valence-electron chi connectivity index (χ1n) is 6.17. The summed E-state index contributed by atoms with van der Waals surface area (Å²) in [5, 5.41) is 3.22. The van der Waals surface area contributed by atoms with Crippen LogP contribution in [0.25, 0.3) is 0 Å². The number of halogens is 1. The number of aromatic nitrogens is 2. The van der Waals surface area contributed by atoms with E-state index in [0.717, 1.165) is 24.4 Å². The van der Waals surface area contributed by atoms with Crippen LogP contribution in [0.15, 0.2) is 36.7 Å². The molecule has 0 fully saturated rings. The van der Waals surface area contributed by atoms with Gasteiger partial charge in [-0.25, -0.2) is 9.37 Å². The third-order valence-corrected chi connectivity index (χ3v) is 3.13. The molecule has 0 aliphatic carbocycles. The number of hydrogen-bond donors (Lipinski definition) is 1. The molecule has 96 valence electrons. The highest BCUT2D eigenvalue weighted by Crippen LogP contribution is 2.18. The molecule has 1 N–H and O–H groups in total. The smallest absolute Gasteiger partial charge is 0.123 e. The number of hydrogen-bond acceptors (Lipinski definition) is 2. The molecule has 1 aromatic heterocycles. The second-order valence-electron chi connectivity index (χ2n) is 4.23. The summed E-state index contributed by atoms with van der Waals surface area (Å²) in [5.41, 5.74) is 0.947. The number of rotatable bonds is 5. The molecule has 0 aliphatic heterocycles. The molecule has 3 nitrogen and oxygen atoms in total. The summed E-state index contributed by atoms with van der Waals surface area (Å²) in [6, 6.07) is 6.78. The fraction of sp³-hybridized carbons (Fsp3) is 0.357. The predicted octanol–water partition coefficient (Wildman–Crippen LogP) is 2.55. The van der Waals surface area contributed by atoms with E-state index >= 15 is 0 Å². The second-order valence-corrected chi connectivity index (χ2v) is 4.23. The van der Waals surface area contributed by atoms with Gasteiger partial charge in [0.05, 0.1) is 0 Å². The van der Waals surface area contributed by atoms with Crippen LogP contribution in [0.5, 0.6) is 0 Å². The minimum Gasteiger partial charge on any atom is -0.335 e. The van der Waals surface area contributed by atoms with Crippen molar-refractivity contribution in [3.63, 3.8) is 0 Å². The van der Waals surface area contributed by atoms with Gasteiger partial charge < -0.3 is 9.88 Å². The van der Waals surface area contributed by atoms with Crippen LogP contribution in [0.4, 0.5) is 4.39 Å². The Hall–Kier alpha value is -1.68. The first-order valence-corrected chi connectivity index (χ1v) is 6.17. The van der Waals surface area contributed by atoms with E-state index in [9.17, 15) is 4.39 Å². The Morgan fingerprint density at radius 3 is 2.94 bits per heavy atom. The van der Waals surface area contributed by atoms with Gasteiger partial charge >= 0.3 is 0 Å². The topological polar surface area (TPSA) is 29.9 Å². The SMILES string of the molecule is CCn1ccnc1CC(NC)c1cccc(F)c1. The molecule has 1 unspecified atom stereocenters.